The number of piperidine rings is 1. The number of hydrogen-bond donors (Lipinski definition) is 0. The lowest BCUT2D eigenvalue weighted by Crippen LogP contribution is -2.81. The van der Waals surface area contributed by atoms with Gasteiger partial charge in [0, 0.05) is 29.5 Å². The molecule has 2 aromatic carbocycles. The maximum atomic E-state index is 13.0. The minimum atomic E-state index is -0.571. The molecule has 178 valence electrons. The zero-order valence-electron chi connectivity index (χ0n) is 20.3. The summed E-state index contributed by atoms with van der Waals surface area (Å²) >= 11 is 0. The highest BCUT2D eigenvalue weighted by atomic mass is 16.6. The standard InChI is InChI=1S/C29H33NO4/c1-18(31)21-16-27-11-12-29(21,32-3)26-28(27)13-14-30(2)23(27)15-20-9-10-22(25(34-26)24(20)28)33-17-19-7-5-4-6-8-19/h4-10,21,23,26H,11-17H2,1-3H3/t21-,23-,26-,27-,28+,29-/m1/s1. The zero-order valence-corrected chi connectivity index (χ0v) is 20.3. The molecule has 0 radical (unpaired) electrons. The first-order chi connectivity index (χ1) is 16.5. The number of rotatable bonds is 5. The van der Waals surface area contributed by atoms with Crippen LogP contribution in [-0.4, -0.2) is 49.1 Å². The molecule has 2 heterocycles. The van der Waals surface area contributed by atoms with E-state index in [0.717, 1.165) is 55.7 Å². The summed E-state index contributed by atoms with van der Waals surface area (Å²) in [6.07, 6.45) is 4.79. The summed E-state index contributed by atoms with van der Waals surface area (Å²) in [4.78, 5) is 15.6. The Bertz CT molecular complexity index is 1180. The monoisotopic (exact) mass is 459 g/mol. The van der Waals surface area contributed by atoms with Gasteiger partial charge in [-0.1, -0.05) is 36.4 Å². The summed E-state index contributed by atoms with van der Waals surface area (Å²) in [5.74, 6) is 1.85. The molecule has 0 aromatic heterocycles. The molecule has 4 fully saturated rings. The lowest BCUT2D eigenvalue weighted by atomic mass is 9.34. The van der Waals surface area contributed by atoms with Crippen molar-refractivity contribution in [3.8, 4) is 11.5 Å². The first-order valence-electron chi connectivity index (χ1n) is 12.7. The molecule has 2 spiro atoms. The Morgan fingerprint density at radius 1 is 1.15 bits per heavy atom. The van der Waals surface area contributed by atoms with Crippen molar-refractivity contribution in [1.29, 1.82) is 0 Å². The third-order valence-corrected chi connectivity index (χ3v) is 10.3. The number of Topliss-reactive ketones (excluding diaryl/α,β-unsaturated/α-hetero) is 1. The number of ether oxygens (including phenoxy) is 3. The van der Waals surface area contributed by atoms with Crippen molar-refractivity contribution < 1.29 is 19.0 Å². The summed E-state index contributed by atoms with van der Waals surface area (Å²) in [6.45, 7) is 3.31. The van der Waals surface area contributed by atoms with Gasteiger partial charge in [-0.2, -0.15) is 0 Å². The first kappa shape index (κ1) is 21.0. The molecular weight excluding hydrogens is 426 g/mol. The largest absolute Gasteiger partial charge is 0.485 e. The van der Waals surface area contributed by atoms with Gasteiger partial charge in [0.2, 0.25) is 0 Å². The van der Waals surface area contributed by atoms with Crippen LogP contribution in [0.4, 0.5) is 0 Å². The van der Waals surface area contributed by atoms with Crippen molar-refractivity contribution in [2.75, 3.05) is 20.7 Å². The van der Waals surface area contributed by atoms with Crippen LogP contribution in [0.25, 0.3) is 0 Å². The van der Waals surface area contributed by atoms with Crippen LogP contribution in [0.5, 0.6) is 11.5 Å². The van der Waals surface area contributed by atoms with Crippen LogP contribution in [0.15, 0.2) is 42.5 Å². The third-order valence-electron chi connectivity index (χ3n) is 10.3. The van der Waals surface area contributed by atoms with Gasteiger partial charge in [-0.05, 0) is 69.8 Å². The lowest BCUT2D eigenvalue weighted by molar-refractivity contribution is -0.270. The van der Waals surface area contributed by atoms with Gasteiger partial charge in [-0.3, -0.25) is 4.79 Å². The number of carbonyl (C=O) groups excluding carboxylic acids is 1. The van der Waals surface area contributed by atoms with E-state index in [9.17, 15) is 4.79 Å². The van der Waals surface area contributed by atoms with Crippen LogP contribution in [0, 0.1) is 11.3 Å². The number of nitrogens with zero attached hydrogens (tertiary/aromatic N) is 1. The van der Waals surface area contributed by atoms with Gasteiger partial charge >= 0.3 is 0 Å². The van der Waals surface area contributed by atoms with E-state index < -0.39 is 5.60 Å². The molecule has 5 nitrogen and oxygen atoms in total. The smallest absolute Gasteiger partial charge is 0.166 e. The van der Waals surface area contributed by atoms with Gasteiger partial charge in [0.15, 0.2) is 11.5 Å². The van der Waals surface area contributed by atoms with Crippen molar-refractivity contribution in [2.24, 2.45) is 11.3 Å². The van der Waals surface area contributed by atoms with Crippen LogP contribution in [0.1, 0.15) is 49.3 Å². The Labute approximate surface area is 201 Å². The predicted octanol–water partition coefficient (Wildman–Crippen LogP) is 4.30. The molecule has 4 aliphatic carbocycles. The maximum Gasteiger partial charge on any atom is 0.166 e. The minimum absolute atomic E-state index is 0.0393. The normalized spacial score (nSPS) is 38.9. The van der Waals surface area contributed by atoms with Crippen molar-refractivity contribution in [3.05, 3.63) is 59.2 Å². The Morgan fingerprint density at radius 2 is 1.97 bits per heavy atom. The first-order valence-corrected chi connectivity index (χ1v) is 12.7. The van der Waals surface area contributed by atoms with Crippen LogP contribution in [0.3, 0.4) is 0 Å². The van der Waals surface area contributed by atoms with Crippen LogP contribution >= 0.6 is 0 Å². The van der Waals surface area contributed by atoms with E-state index in [4.69, 9.17) is 14.2 Å². The van der Waals surface area contributed by atoms with Crippen molar-refractivity contribution in [1.82, 2.24) is 4.90 Å². The summed E-state index contributed by atoms with van der Waals surface area (Å²) < 4.78 is 19.8. The van der Waals surface area contributed by atoms with Crippen LogP contribution in [0.2, 0.25) is 0 Å². The Hall–Kier alpha value is -2.37. The lowest BCUT2D eigenvalue weighted by Gasteiger charge is -2.73. The van der Waals surface area contributed by atoms with Gasteiger partial charge < -0.3 is 19.1 Å². The topological polar surface area (TPSA) is 48.0 Å². The molecule has 2 aliphatic heterocycles. The molecule has 0 amide bonds. The molecule has 34 heavy (non-hydrogen) atoms. The molecule has 1 saturated heterocycles. The van der Waals surface area contributed by atoms with E-state index in [1.807, 2.05) is 18.2 Å². The summed E-state index contributed by atoms with van der Waals surface area (Å²) in [7, 11) is 4.07. The number of fused-ring (bicyclic) bond motifs is 2. The highest BCUT2D eigenvalue weighted by molar-refractivity contribution is 5.81. The number of hydrogen-bond acceptors (Lipinski definition) is 5. The average Bonchev–Trinajstić information content (AvgIpc) is 3.23. The number of carbonyl (C=O) groups is 1. The molecule has 0 N–H and O–H groups in total. The molecule has 5 heteroatoms. The van der Waals surface area contributed by atoms with Crippen molar-refractivity contribution in [3.63, 3.8) is 0 Å². The Balaban J connectivity index is 1.41. The second-order valence-electron chi connectivity index (χ2n) is 11.3. The molecule has 8 rings (SSSR count). The molecular formula is C29H33NO4. The van der Waals surface area contributed by atoms with Gasteiger partial charge in [0.05, 0.1) is 5.92 Å². The molecule has 4 bridgehead atoms. The second-order valence-corrected chi connectivity index (χ2v) is 11.3. The number of ketones is 1. The fraction of sp³-hybridized carbons (Fsp3) is 0.552. The van der Waals surface area contributed by atoms with Crippen molar-refractivity contribution in [2.45, 2.75) is 68.8 Å². The van der Waals surface area contributed by atoms with Crippen LogP contribution in [-0.2, 0) is 28.0 Å². The van der Waals surface area contributed by atoms with Crippen LogP contribution < -0.4 is 9.47 Å². The highest BCUT2D eigenvalue weighted by Crippen LogP contribution is 2.76. The molecule has 3 saturated carbocycles. The minimum Gasteiger partial charge on any atom is -0.485 e. The molecule has 2 aromatic rings. The van der Waals surface area contributed by atoms with E-state index in [2.05, 4.69) is 36.2 Å². The molecule has 6 atom stereocenters. The van der Waals surface area contributed by atoms with E-state index in [1.54, 1.807) is 14.0 Å². The highest BCUT2D eigenvalue weighted by Gasteiger charge is 2.81. The van der Waals surface area contributed by atoms with E-state index in [0.29, 0.717) is 12.6 Å². The summed E-state index contributed by atoms with van der Waals surface area (Å²) in [5, 5.41) is 0. The second kappa shape index (κ2) is 6.86. The van der Waals surface area contributed by atoms with E-state index >= 15 is 0 Å². The van der Waals surface area contributed by atoms with Gasteiger partial charge in [0.1, 0.15) is 24.1 Å². The molecule has 6 aliphatic rings. The number of methoxy groups -OCH3 is 1. The Kier molecular flexibility index (Phi) is 4.23. The van der Waals surface area contributed by atoms with Crippen molar-refractivity contribution >= 4 is 5.78 Å². The number of benzene rings is 2. The fourth-order valence-corrected chi connectivity index (χ4v) is 8.99. The zero-order chi connectivity index (χ0) is 23.3. The third kappa shape index (κ3) is 2.26. The number of likely N-dealkylation sites (tertiary alicyclic amines) is 1. The fourth-order valence-electron chi connectivity index (χ4n) is 8.99. The van der Waals surface area contributed by atoms with Gasteiger partial charge in [-0.15, -0.1) is 0 Å². The predicted molar refractivity (Wildman–Crippen MR) is 128 cm³/mol. The Morgan fingerprint density at radius 3 is 2.74 bits per heavy atom. The SMILES string of the molecule is CO[C@]12CC[C@@]3(C[C@@H]1C(C)=O)[C@H]1Cc4ccc(OCc5ccccc5)c5c4[C@@]3(CCN1C)[C@H]2O5. The van der Waals surface area contributed by atoms with E-state index in [-0.39, 0.29) is 28.6 Å². The quantitative estimate of drug-likeness (QED) is 0.667. The maximum absolute atomic E-state index is 13.0. The summed E-state index contributed by atoms with van der Waals surface area (Å²) in [5.41, 5.74) is 3.26. The average molecular weight is 460 g/mol. The molecule has 0 unspecified atom stereocenters. The van der Waals surface area contributed by atoms with E-state index in [1.165, 1.54) is 11.1 Å². The van der Waals surface area contributed by atoms with Gasteiger partial charge in [0.25, 0.3) is 0 Å². The summed E-state index contributed by atoms with van der Waals surface area (Å²) in [6, 6.07) is 15.1. The number of likely N-dealkylation sites (N-methyl/N-ethyl adjacent to an activating group) is 1. The van der Waals surface area contributed by atoms with Gasteiger partial charge in [-0.25, -0.2) is 0 Å².